The molecule has 0 amide bonds. The molecule has 9 rings (SSSR count). The highest BCUT2D eigenvalue weighted by atomic mass is 15.1. The van der Waals surface area contributed by atoms with Gasteiger partial charge in [0.2, 0.25) is 0 Å². The number of para-hydroxylation sites is 1. The van der Waals surface area contributed by atoms with Gasteiger partial charge in [-0.3, -0.25) is 4.98 Å². The van der Waals surface area contributed by atoms with E-state index in [1.165, 1.54) is 55.2 Å². The van der Waals surface area contributed by atoms with Gasteiger partial charge >= 0.3 is 0 Å². The van der Waals surface area contributed by atoms with Crippen LogP contribution in [0.15, 0.2) is 189 Å². The molecule has 0 N–H and O–H groups in total. The van der Waals surface area contributed by atoms with E-state index >= 15 is 0 Å². The number of anilines is 3. The first-order chi connectivity index (χ1) is 26.5. The van der Waals surface area contributed by atoms with E-state index in [2.05, 4.69) is 193 Å². The molecule has 2 aromatic heterocycles. The van der Waals surface area contributed by atoms with Gasteiger partial charge in [-0.1, -0.05) is 124 Å². The number of hydrogen-bond donors (Lipinski definition) is 0. The van der Waals surface area contributed by atoms with Crippen molar-refractivity contribution in [3.8, 4) is 33.4 Å². The van der Waals surface area contributed by atoms with Crippen LogP contribution in [0.3, 0.4) is 0 Å². The normalized spacial score (nSPS) is 13.4. The second-order valence-corrected chi connectivity index (χ2v) is 14.5. The third kappa shape index (κ3) is 5.48. The summed E-state index contributed by atoms with van der Waals surface area (Å²) >= 11 is 0. The van der Waals surface area contributed by atoms with Crippen molar-refractivity contribution in [2.24, 2.45) is 0 Å². The Kier molecular flexibility index (Phi) is 8.20. The highest BCUT2D eigenvalue weighted by Crippen LogP contribution is 2.50. The van der Waals surface area contributed by atoms with Crippen molar-refractivity contribution < 1.29 is 0 Å². The van der Waals surface area contributed by atoms with Crippen molar-refractivity contribution >= 4 is 44.6 Å². The average Bonchev–Trinajstić information content (AvgIpc) is 3.67. The van der Waals surface area contributed by atoms with Crippen LogP contribution < -0.4 is 4.90 Å². The summed E-state index contributed by atoms with van der Waals surface area (Å²) in [4.78, 5) is 6.79. The Morgan fingerprint density at radius 1 is 0.611 bits per heavy atom. The predicted octanol–water partition coefficient (Wildman–Crippen LogP) is 13.9. The molecular weight excluding hydrogens is 655 g/mol. The molecule has 3 nitrogen and oxygen atoms in total. The highest BCUT2D eigenvalue weighted by molar-refractivity contribution is 6.11. The van der Waals surface area contributed by atoms with Crippen LogP contribution >= 0.6 is 0 Å². The molecule has 0 saturated heterocycles. The van der Waals surface area contributed by atoms with Crippen LogP contribution in [-0.4, -0.2) is 9.55 Å². The summed E-state index contributed by atoms with van der Waals surface area (Å²) in [6, 6.07) is 53.2. The zero-order valence-corrected chi connectivity index (χ0v) is 30.9. The van der Waals surface area contributed by atoms with E-state index in [1.807, 2.05) is 30.6 Å². The van der Waals surface area contributed by atoms with E-state index in [9.17, 15) is 0 Å². The SMILES string of the molecule is C=C/C=C\C(=C/C)n1c2ccccc2c2cc(-c3ccc(N(c4cccc(-c5cccnc5)c4)c4ccc5c(c4)C(C)(C)c4ccccc4-5)cc3)ccc21. The lowest BCUT2D eigenvalue weighted by Crippen LogP contribution is -2.16. The summed E-state index contributed by atoms with van der Waals surface area (Å²) in [5.74, 6) is 0. The molecule has 0 aliphatic heterocycles. The fraction of sp³-hybridized carbons (Fsp3) is 0.0784. The molecule has 0 saturated carbocycles. The Morgan fingerprint density at radius 3 is 2.13 bits per heavy atom. The Balaban J connectivity index is 1.15. The number of fused-ring (bicyclic) bond motifs is 6. The van der Waals surface area contributed by atoms with Crippen LogP contribution in [0.25, 0.3) is 60.9 Å². The summed E-state index contributed by atoms with van der Waals surface area (Å²) in [7, 11) is 0. The second-order valence-electron chi connectivity index (χ2n) is 14.5. The molecule has 8 aromatic rings. The topological polar surface area (TPSA) is 21.1 Å². The van der Waals surface area contributed by atoms with Gasteiger partial charge in [0.1, 0.15) is 0 Å². The van der Waals surface area contributed by atoms with Gasteiger partial charge in [0.25, 0.3) is 0 Å². The molecule has 6 aromatic carbocycles. The van der Waals surface area contributed by atoms with Crippen molar-refractivity contribution in [2.45, 2.75) is 26.2 Å². The summed E-state index contributed by atoms with van der Waals surface area (Å²) in [5, 5.41) is 2.47. The average molecular weight is 696 g/mol. The molecule has 0 fully saturated rings. The third-order valence-electron chi connectivity index (χ3n) is 11.0. The van der Waals surface area contributed by atoms with E-state index in [4.69, 9.17) is 0 Å². The largest absolute Gasteiger partial charge is 0.310 e. The molecule has 0 spiro atoms. The van der Waals surface area contributed by atoms with Gasteiger partial charge in [-0.25, -0.2) is 0 Å². The Labute approximate surface area is 317 Å². The van der Waals surface area contributed by atoms with E-state index in [0.29, 0.717) is 0 Å². The maximum absolute atomic E-state index is 4.40. The van der Waals surface area contributed by atoms with Crippen molar-refractivity contribution in [3.05, 3.63) is 200 Å². The fourth-order valence-corrected chi connectivity index (χ4v) is 8.34. The van der Waals surface area contributed by atoms with Gasteiger partial charge in [0.05, 0.1) is 11.0 Å². The van der Waals surface area contributed by atoms with Crippen LogP contribution in [0, 0.1) is 0 Å². The third-order valence-corrected chi connectivity index (χ3v) is 11.0. The molecule has 3 heteroatoms. The monoisotopic (exact) mass is 695 g/mol. The number of nitrogens with zero attached hydrogens (tertiary/aromatic N) is 3. The smallest absolute Gasteiger partial charge is 0.0541 e. The summed E-state index contributed by atoms with van der Waals surface area (Å²) < 4.78 is 2.34. The van der Waals surface area contributed by atoms with Crippen LogP contribution in [0.1, 0.15) is 31.9 Å². The second kappa shape index (κ2) is 13.4. The Morgan fingerprint density at radius 2 is 1.31 bits per heavy atom. The maximum Gasteiger partial charge on any atom is 0.0541 e. The van der Waals surface area contributed by atoms with E-state index in [-0.39, 0.29) is 5.41 Å². The molecule has 0 bridgehead atoms. The number of rotatable bonds is 8. The van der Waals surface area contributed by atoms with Gasteiger partial charge in [-0.15, -0.1) is 0 Å². The van der Waals surface area contributed by atoms with Crippen LogP contribution in [0.4, 0.5) is 17.1 Å². The van der Waals surface area contributed by atoms with Gasteiger partial charge in [0.15, 0.2) is 0 Å². The first kappa shape index (κ1) is 33.1. The Bertz CT molecular complexity index is 2760. The molecule has 2 heterocycles. The number of aromatic nitrogens is 2. The van der Waals surface area contributed by atoms with Crippen LogP contribution in [0.2, 0.25) is 0 Å². The van der Waals surface area contributed by atoms with Crippen molar-refractivity contribution in [3.63, 3.8) is 0 Å². The Hall–Kier alpha value is -6.71. The number of pyridine rings is 1. The molecule has 54 heavy (non-hydrogen) atoms. The molecule has 0 radical (unpaired) electrons. The number of hydrogen-bond acceptors (Lipinski definition) is 2. The van der Waals surface area contributed by atoms with Crippen molar-refractivity contribution in [1.82, 2.24) is 9.55 Å². The van der Waals surface area contributed by atoms with Gasteiger partial charge in [-0.05, 0) is 113 Å². The molecule has 0 atom stereocenters. The van der Waals surface area contributed by atoms with Crippen LogP contribution in [0.5, 0.6) is 0 Å². The lowest BCUT2D eigenvalue weighted by Gasteiger charge is -2.28. The van der Waals surface area contributed by atoms with Gasteiger partial charge < -0.3 is 9.47 Å². The lowest BCUT2D eigenvalue weighted by molar-refractivity contribution is 0.660. The molecule has 260 valence electrons. The predicted molar refractivity (Wildman–Crippen MR) is 230 cm³/mol. The van der Waals surface area contributed by atoms with Crippen molar-refractivity contribution in [2.75, 3.05) is 4.90 Å². The minimum atomic E-state index is -0.105. The van der Waals surface area contributed by atoms with E-state index < -0.39 is 0 Å². The van der Waals surface area contributed by atoms with Gasteiger partial charge in [0, 0.05) is 56.9 Å². The van der Waals surface area contributed by atoms with E-state index in [1.54, 1.807) is 0 Å². The molecule has 0 unspecified atom stereocenters. The fourth-order valence-electron chi connectivity index (χ4n) is 8.34. The quantitative estimate of drug-likeness (QED) is 0.148. The maximum atomic E-state index is 4.40. The zero-order chi connectivity index (χ0) is 36.8. The van der Waals surface area contributed by atoms with Crippen LogP contribution in [-0.2, 0) is 5.41 Å². The first-order valence-electron chi connectivity index (χ1n) is 18.6. The summed E-state index contributed by atoms with van der Waals surface area (Å²) in [5.41, 5.74) is 16.6. The first-order valence-corrected chi connectivity index (χ1v) is 18.6. The van der Waals surface area contributed by atoms with Crippen molar-refractivity contribution in [1.29, 1.82) is 0 Å². The van der Waals surface area contributed by atoms with Gasteiger partial charge in [-0.2, -0.15) is 0 Å². The lowest BCUT2D eigenvalue weighted by atomic mass is 9.82. The molecule has 1 aliphatic carbocycles. The standard InChI is InChI=1S/C51H41N3/c1-5-7-16-39(6-2)54-49-21-11-9-19-45(49)46-32-37(24-29-50(46)54)35-22-25-40(26-23-35)53(41-17-12-14-36(31-41)38-15-13-30-52-34-38)42-27-28-44-43-18-8-10-20-47(43)51(3,4)48(44)33-42/h5-34H,1H2,2-4H3/b16-7-,39-6+. The number of allylic oxidation sites excluding steroid dienone is 5. The minimum absolute atomic E-state index is 0.105. The number of benzene rings is 6. The summed E-state index contributed by atoms with van der Waals surface area (Å²) in [6.45, 7) is 10.7. The zero-order valence-electron chi connectivity index (χ0n) is 30.9. The van der Waals surface area contributed by atoms with E-state index in [0.717, 1.165) is 33.9 Å². The minimum Gasteiger partial charge on any atom is -0.310 e. The molecule has 1 aliphatic rings. The molecular formula is C51H41N3. The summed E-state index contributed by atoms with van der Waals surface area (Å²) in [6.07, 6.45) is 11.8. The highest BCUT2D eigenvalue weighted by Gasteiger charge is 2.35.